The van der Waals surface area contributed by atoms with Crippen molar-refractivity contribution in [1.29, 1.82) is 0 Å². The number of aliphatic hydroxyl groups excluding tert-OH is 3. The van der Waals surface area contributed by atoms with Crippen molar-refractivity contribution >= 4 is 0 Å². The van der Waals surface area contributed by atoms with E-state index in [4.69, 9.17) is 14.2 Å². The number of hydrogen-bond acceptors (Lipinski definition) is 6. The Morgan fingerprint density at radius 1 is 1.17 bits per heavy atom. The van der Waals surface area contributed by atoms with Crippen LogP contribution >= 0.6 is 0 Å². The molecule has 0 saturated carbocycles. The van der Waals surface area contributed by atoms with E-state index >= 15 is 0 Å². The fourth-order valence-electron chi connectivity index (χ4n) is 4.32. The van der Waals surface area contributed by atoms with Gasteiger partial charge in [0.25, 0.3) is 0 Å². The van der Waals surface area contributed by atoms with Gasteiger partial charge in [0.1, 0.15) is 23.3 Å². The van der Waals surface area contributed by atoms with Crippen molar-refractivity contribution in [2.45, 2.75) is 43.9 Å². The number of halogens is 1. The van der Waals surface area contributed by atoms with Crippen molar-refractivity contribution in [2.24, 2.45) is 5.92 Å². The van der Waals surface area contributed by atoms with Gasteiger partial charge in [-0.3, -0.25) is 0 Å². The van der Waals surface area contributed by atoms with E-state index in [2.05, 4.69) is 0 Å². The molecule has 0 aromatic heterocycles. The zero-order chi connectivity index (χ0) is 21.5. The van der Waals surface area contributed by atoms with Crippen molar-refractivity contribution in [3.8, 4) is 5.75 Å². The van der Waals surface area contributed by atoms with Gasteiger partial charge in [-0.1, -0.05) is 25.1 Å². The number of hydrogen-bond donors (Lipinski definition) is 3. The van der Waals surface area contributed by atoms with Crippen LogP contribution in [0.3, 0.4) is 0 Å². The summed E-state index contributed by atoms with van der Waals surface area (Å²) in [5, 5.41) is 31.3. The van der Waals surface area contributed by atoms with Gasteiger partial charge in [-0.05, 0) is 42.3 Å². The molecule has 6 nitrogen and oxygen atoms in total. The van der Waals surface area contributed by atoms with E-state index in [0.717, 1.165) is 11.3 Å². The summed E-state index contributed by atoms with van der Waals surface area (Å²) in [4.78, 5) is 0. The standard InChI is InChI=1S/C23H27FO6/c1-3-28-18-7-4-15(5-8-18)10-16-11-17(6-9-19(16)24)23-21(27)20(26)14(2)22(12-25,30-23)13-29-23/h4-9,11,14,20-21,25-27H,3,10,12-13H2,1-2H3/t14-,20-,21+,22-,23-/m0/s1. The highest BCUT2D eigenvalue weighted by Crippen LogP contribution is 2.51. The number of rotatable bonds is 6. The number of benzene rings is 2. The molecule has 162 valence electrons. The summed E-state index contributed by atoms with van der Waals surface area (Å²) in [6, 6.07) is 11.8. The van der Waals surface area contributed by atoms with E-state index in [0.29, 0.717) is 24.2 Å². The molecule has 0 radical (unpaired) electrons. The van der Waals surface area contributed by atoms with E-state index < -0.39 is 35.3 Å². The van der Waals surface area contributed by atoms with Crippen LogP contribution in [0, 0.1) is 11.7 Å². The highest BCUT2D eigenvalue weighted by atomic mass is 19.1. The average Bonchev–Trinajstić information content (AvgIpc) is 3.14. The lowest BCUT2D eigenvalue weighted by atomic mass is 9.78. The van der Waals surface area contributed by atoms with Crippen LogP contribution < -0.4 is 4.74 Å². The van der Waals surface area contributed by atoms with Crippen molar-refractivity contribution in [2.75, 3.05) is 19.8 Å². The molecule has 2 aliphatic rings. The molecule has 0 spiro atoms. The van der Waals surface area contributed by atoms with Crippen molar-refractivity contribution in [3.63, 3.8) is 0 Å². The summed E-state index contributed by atoms with van der Waals surface area (Å²) >= 11 is 0. The van der Waals surface area contributed by atoms with Gasteiger partial charge in [-0.2, -0.15) is 0 Å². The lowest BCUT2D eigenvalue weighted by Gasteiger charge is -2.47. The first-order valence-corrected chi connectivity index (χ1v) is 10.2. The maximum Gasteiger partial charge on any atom is 0.225 e. The Bertz CT molecular complexity index is 903. The molecule has 7 heteroatoms. The molecule has 2 fully saturated rings. The lowest BCUT2D eigenvalue weighted by Crippen LogP contribution is -2.61. The molecule has 2 saturated heterocycles. The van der Waals surface area contributed by atoms with E-state index in [-0.39, 0.29) is 13.2 Å². The van der Waals surface area contributed by atoms with Crippen LogP contribution in [0.4, 0.5) is 4.39 Å². The first kappa shape index (κ1) is 21.2. The molecular formula is C23H27FO6. The normalized spacial score (nSPS) is 32.9. The van der Waals surface area contributed by atoms with Crippen molar-refractivity contribution < 1.29 is 33.9 Å². The molecule has 4 rings (SSSR count). The van der Waals surface area contributed by atoms with Crippen molar-refractivity contribution in [1.82, 2.24) is 0 Å². The molecule has 30 heavy (non-hydrogen) atoms. The van der Waals surface area contributed by atoms with Gasteiger partial charge in [-0.25, -0.2) is 4.39 Å². The summed E-state index contributed by atoms with van der Waals surface area (Å²) in [5.74, 6) is -1.84. The summed E-state index contributed by atoms with van der Waals surface area (Å²) in [6.45, 7) is 3.83. The Kier molecular flexibility index (Phi) is 5.59. The third-order valence-electron chi connectivity index (χ3n) is 6.29. The fourth-order valence-corrected chi connectivity index (χ4v) is 4.32. The van der Waals surface area contributed by atoms with E-state index in [9.17, 15) is 19.7 Å². The second-order valence-corrected chi connectivity index (χ2v) is 8.07. The number of aliphatic hydroxyl groups is 3. The van der Waals surface area contributed by atoms with E-state index in [1.807, 2.05) is 31.2 Å². The second-order valence-electron chi connectivity index (χ2n) is 8.07. The van der Waals surface area contributed by atoms with E-state index in [1.54, 1.807) is 13.0 Å². The Morgan fingerprint density at radius 3 is 2.57 bits per heavy atom. The highest BCUT2D eigenvalue weighted by molar-refractivity contribution is 5.36. The maximum absolute atomic E-state index is 14.6. The fraction of sp³-hybridized carbons (Fsp3) is 0.478. The number of ether oxygens (including phenoxy) is 3. The van der Waals surface area contributed by atoms with Crippen molar-refractivity contribution in [3.05, 3.63) is 65.0 Å². The highest BCUT2D eigenvalue weighted by Gasteiger charge is 2.65. The molecule has 0 amide bonds. The lowest BCUT2D eigenvalue weighted by molar-refractivity contribution is -0.318. The van der Waals surface area contributed by atoms with Gasteiger partial charge >= 0.3 is 0 Å². The predicted octanol–water partition coefficient (Wildman–Crippen LogP) is 2.12. The summed E-state index contributed by atoms with van der Waals surface area (Å²) in [7, 11) is 0. The minimum atomic E-state index is -1.66. The molecule has 2 aliphatic heterocycles. The molecule has 3 N–H and O–H groups in total. The van der Waals surface area contributed by atoms with Gasteiger partial charge in [0.2, 0.25) is 5.79 Å². The van der Waals surface area contributed by atoms with Gasteiger partial charge in [0, 0.05) is 17.9 Å². The molecule has 2 aromatic rings. The van der Waals surface area contributed by atoms with Gasteiger partial charge < -0.3 is 29.5 Å². The van der Waals surface area contributed by atoms with Gasteiger partial charge in [0.05, 0.1) is 25.9 Å². The predicted molar refractivity (Wildman–Crippen MR) is 107 cm³/mol. The monoisotopic (exact) mass is 418 g/mol. The Hall–Kier alpha value is -2.03. The van der Waals surface area contributed by atoms with Crippen LogP contribution in [-0.2, 0) is 21.7 Å². The van der Waals surface area contributed by atoms with Crippen LogP contribution in [0.5, 0.6) is 5.75 Å². The SMILES string of the molecule is CCOc1ccc(Cc2cc([C@]34OC[C@](CO)(O3)[C@@H](C)[C@H](O)[C@H]4O)ccc2F)cc1. The Morgan fingerprint density at radius 2 is 1.90 bits per heavy atom. The van der Waals surface area contributed by atoms with Crippen LogP contribution in [0.15, 0.2) is 42.5 Å². The van der Waals surface area contributed by atoms with Crippen LogP contribution in [0.25, 0.3) is 0 Å². The molecule has 0 aliphatic carbocycles. The molecule has 0 unspecified atom stereocenters. The zero-order valence-corrected chi connectivity index (χ0v) is 17.0. The minimum absolute atomic E-state index is 0.0182. The smallest absolute Gasteiger partial charge is 0.225 e. The summed E-state index contributed by atoms with van der Waals surface area (Å²) in [6.07, 6.45) is -2.21. The van der Waals surface area contributed by atoms with Gasteiger partial charge in [-0.15, -0.1) is 0 Å². The third-order valence-corrected chi connectivity index (χ3v) is 6.29. The Balaban J connectivity index is 1.66. The molecule has 2 bridgehead atoms. The molecule has 2 heterocycles. The van der Waals surface area contributed by atoms with Crippen LogP contribution in [0.2, 0.25) is 0 Å². The summed E-state index contributed by atoms with van der Waals surface area (Å²) < 4.78 is 31.9. The van der Waals surface area contributed by atoms with Gasteiger partial charge in [0.15, 0.2) is 0 Å². The average molecular weight is 418 g/mol. The summed E-state index contributed by atoms with van der Waals surface area (Å²) in [5.41, 5.74) is 0.573. The third kappa shape index (κ3) is 3.31. The van der Waals surface area contributed by atoms with Crippen LogP contribution in [0.1, 0.15) is 30.5 Å². The first-order valence-electron chi connectivity index (χ1n) is 10.2. The second kappa shape index (κ2) is 7.90. The Labute approximate surface area is 174 Å². The zero-order valence-electron chi connectivity index (χ0n) is 17.0. The molecule has 2 aromatic carbocycles. The molecular weight excluding hydrogens is 391 g/mol. The largest absolute Gasteiger partial charge is 0.494 e. The topological polar surface area (TPSA) is 88.4 Å². The van der Waals surface area contributed by atoms with E-state index in [1.165, 1.54) is 12.1 Å². The quantitative estimate of drug-likeness (QED) is 0.666. The first-order chi connectivity index (χ1) is 14.3. The molecule has 5 atom stereocenters. The maximum atomic E-state index is 14.6. The number of fused-ring (bicyclic) bond motifs is 2. The van der Waals surface area contributed by atoms with Crippen LogP contribution in [-0.4, -0.2) is 52.9 Å². The minimum Gasteiger partial charge on any atom is -0.494 e.